The van der Waals surface area contributed by atoms with Crippen molar-refractivity contribution in [1.29, 1.82) is 0 Å². The van der Waals surface area contributed by atoms with E-state index in [0.29, 0.717) is 0 Å². The highest BCUT2D eigenvalue weighted by Gasteiger charge is 2.23. The van der Waals surface area contributed by atoms with Crippen LogP contribution in [-0.2, 0) is 0 Å². The molecule has 0 atom stereocenters. The Morgan fingerprint density at radius 3 is 2.70 bits per heavy atom. The van der Waals surface area contributed by atoms with Gasteiger partial charge in [-0.2, -0.15) is 0 Å². The number of nitrogens with one attached hydrogen (secondary N) is 2. The zero-order chi connectivity index (χ0) is 16.7. The lowest BCUT2D eigenvalue weighted by molar-refractivity contribution is 0.0918. The summed E-state index contributed by atoms with van der Waals surface area (Å²) in [6.45, 7) is 4.66. The van der Waals surface area contributed by atoms with Crippen LogP contribution in [-0.4, -0.2) is 41.6 Å². The molecule has 1 aromatic carbocycles. The van der Waals surface area contributed by atoms with Gasteiger partial charge in [0.2, 0.25) is 0 Å². The molecule has 0 unspecified atom stereocenters. The SMILES string of the molecule is CCCCNC(=S)N1CCC(NC(=O)c2ccccc2F)CC1. The number of thiocarbonyl (C=S) groups is 1. The van der Waals surface area contributed by atoms with E-state index in [0.717, 1.165) is 50.4 Å². The standard InChI is InChI=1S/C17H24FN3OS/c1-2-3-10-19-17(23)21-11-8-13(9-12-21)20-16(22)14-6-4-5-7-15(14)18/h4-7,13H,2-3,8-12H2,1H3,(H,19,23)(H,20,22). The maximum atomic E-state index is 13.6. The summed E-state index contributed by atoms with van der Waals surface area (Å²) in [5.74, 6) is -0.825. The molecule has 23 heavy (non-hydrogen) atoms. The van der Waals surface area contributed by atoms with E-state index in [-0.39, 0.29) is 17.5 Å². The minimum absolute atomic E-state index is 0.0665. The third-order valence-corrected chi connectivity index (χ3v) is 4.44. The average Bonchev–Trinajstić information content (AvgIpc) is 2.56. The molecular formula is C17H24FN3OS. The van der Waals surface area contributed by atoms with Gasteiger partial charge in [-0.1, -0.05) is 25.5 Å². The molecule has 1 amide bonds. The molecule has 1 saturated heterocycles. The van der Waals surface area contributed by atoms with Crippen LogP contribution in [0.1, 0.15) is 43.0 Å². The number of nitrogens with zero attached hydrogens (tertiary/aromatic N) is 1. The summed E-state index contributed by atoms with van der Waals surface area (Å²) >= 11 is 5.39. The van der Waals surface area contributed by atoms with Gasteiger partial charge in [0.25, 0.3) is 5.91 Å². The Balaban J connectivity index is 1.77. The molecule has 0 aliphatic carbocycles. The van der Waals surface area contributed by atoms with Crippen LogP contribution in [0.3, 0.4) is 0 Å². The first-order valence-corrected chi connectivity index (χ1v) is 8.60. The van der Waals surface area contributed by atoms with Crippen molar-refractivity contribution in [1.82, 2.24) is 15.5 Å². The number of unbranched alkanes of at least 4 members (excludes halogenated alkanes) is 1. The lowest BCUT2D eigenvalue weighted by Crippen LogP contribution is -2.49. The fourth-order valence-corrected chi connectivity index (χ4v) is 2.90. The number of hydrogen-bond acceptors (Lipinski definition) is 2. The zero-order valence-electron chi connectivity index (χ0n) is 13.5. The van der Waals surface area contributed by atoms with Gasteiger partial charge in [-0.15, -0.1) is 0 Å². The minimum atomic E-state index is -0.483. The molecule has 2 rings (SSSR count). The van der Waals surface area contributed by atoms with Crippen molar-refractivity contribution in [3.63, 3.8) is 0 Å². The number of halogens is 1. The van der Waals surface area contributed by atoms with Gasteiger partial charge in [0.15, 0.2) is 5.11 Å². The molecule has 0 saturated carbocycles. The summed E-state index contributed by atoms with van der Waals surface area (Å²) in [7, 11) is 0. The van der Waals surface area contributed by atoms with Gasteiger partial charge in [-0.05, 0) is 43.6 Å². The van der Waals surface area contributed by atoms with E-state index in [4.69, 9.17) is 12.2 Å². The normalized spacial score (nSPS) is 15.3. The Bertz CT molecular complexity index is 544. The molecular weight excluding hydrogens is 313 g/mol. The summed E-state index contributed by atoms with van der Waals surface area (Å²) in [4.78, 5) is 14.3. The highest BCUT2D eigenvalue weighted by atomic mass is 32.1. The average molecular weight is 337 g/mol. The Hall–Kier alpha value is -1.69. The van der Waals surface area contributed by atoms with Crippen molar-refractivity contribution < 1.29 is 9.18 Å². The number of amides is 1. The fraction of sp³-hybridized carbons (Fsp3) is 0.529. The smallest absolute Gasteiger partial charge is 0.254 e. The van der Waals surface area contributed by atoms with Gasteiger partial charge >= 0.3 is 0 Å². The molecule has 1 aliphatic rings. The van der Waals surface area contributed by atoms with E-state index in [1.54, 1.807) is 12.1 Å². The lowest BCUT2D eigenvalue weighted by atomic mass is 10.0. The van der Waals surface area contributed by atoms with Crippen LogP contribution in [0.2, 0.25) is 0 Å². The van der Waals surface area contributed by atoms with Crippen LogP contribution in [0.25, 0.3) is 0 Å². The number of hydrogen-bond donors (Lipinski definition) is 2. The monoisotopic (exact) mass is 337 g/mol. The Kier molecular flexibility index (Phi) is 6.77. The predicted octanol–water partition coefficient (Wildman–Crippen LogP) is 2.69. The molecule has 126 valence electrons. The molecule has 1 fully saturated rings. The topological polar surface area (TPSA) is 44.4 Å². The van der Waals surface area contributed by atoms with Crippen LogP contribution in [0.4, 0.5) is 4.39 Å². The first-order valence-electron chi connectivity index (χ1n) is 8.20. The molecule has 1 heterocycles. The van der Waals surface area contributed by atoms with Crippen molar-refractivity contribution in [2.75, 3.05) is 19.6 Å². The molecule has 4 nitrogen and oxygen atoms in total. The number of benzene rings is 1. The van der Waals surface area contributed by atoms with Gasteiger partial charge in [0.05, 0.1) is 5.56 Å². The molecule has 0 spiro atoms. The Morgan fingerprint density at radius 1 is 1.35 bits per heavy atom. The van der Waals surface area contributed by atoms with E-state index in [1.807, 2.05) is 0 Å². The predicted molar refractivity (Wildman–Crippen MR) is 94.0 cm³/mol. The summed E-state index contributed by atoms with van der Waals surface area (Å²) in [5, 5.41) is 6.97. The van der Waals surface area contributed by atoms with Crippen LogP contribution >= 0.6 is 12.2 Å². The van der Waals surface area contributed by atoms with Crippen molar-refractivity contribution in [2.24, 2.45) is 0 Å². The quantitative estimate of drug-likeness (QED) is 0.640. The number of likely N-dealkylation sites (tertiary alicyclic amines) is 1. The van der Waals surface area contributed by atoms with Crippen molar-refractivity contribution in [3.8, 4) is 0 Å². The molecule has 0 bridgehead atoms. The van der Waals surface area contributed by atoms with Gasteiger partial charge in [0, 0.05) is 25.7 Å². The fourth-order valence-electron chi connectivity index (χ4n) is 2.62. The Labute approximate surface area is 142 Å². The third kappa shape index (κ3) is 5.16. The maximum Gasteiger partial charge on any atom is 0.254 e. The zero-order valence-corrected chi connectivity index (χ0v) is 14.3. The summed E-state index contributed by atoms with van der Waals surface area (Å²) in [5.41, 5.74) is 0.103. The second-order valence-corrected chi connectivity index (χ2v) is 6.19. The number of carbonyl (C=O) groups excluding carboxylic acids is 1. The van der Waals surface area contributed by atoms with Crippen molar-refractivity contribution in [2.45, 2.75) is 38.6 Å². The highest BCUT2D eigenvalue weighted by molar-refractivity contribution is 7.80. The summed E-state index contributed by atoms with van der Waals surface area (Å²) in [6.07, 6.45) is 3.88. The number of piperidine rings is 1. The van der Waals surface area contributed by atoms with Crippen molar-refractivity contribution in [3.05, 3.63) is 35.6 Å². The number of carbonyl (C=O) groups is 1. The summed E-state index contributed by atoms with van der Waals surface area (Å²) < 4.78 is 13.6. The van der Waals surface area contributed by atoms with Crippen LogP contribution in [0.15, 0.2) is 24.3 Å². The first-order chi connectivity index (χ1) is 11.1. The number of rotatable bonds is 5. The third-order valence-electron chi connectivity index (χ3n) is 4.04. The highest BCUT2D eigenvalue weighted by Crippen LogP contribution is 2.13. The lowest BCUT2D eigenvalue weighted by Gasteiger charge is -2.34. The second kappa shape index (κ2) is 8.82. The maximum absolute atomic E-state index is 13.6. The molecule has 2 N–H and O–H groups in total. The summed E-state index contributed by atoms with van der Waals surface area (Å²) in [6, 6.07) is 6.12. The second-order valence-electron chi connectivity index (χ2n) is 5.80. The van der Waals surface area contributed by atoms with E-state index in [2.05, 4.69) is 22.5 Å². The minimum Gasteiger partial charge on any atom is -0.363 e. The molecule has 0 radical (unpaired) electrons. The first kappa shape index (κ1) is 17.7. The van der Waals surface area contributed by atoms with Gasteiger partial charge in [-0.3, -0.25) is 4.79 Å². The molecule has 1 aliphatic heterocycles. The van der Waals surface area contributed by atoms with Crippen molar-refractivity contribution >= 4 is 23.2 Å². The van der Waals surface area contributed by atoms with Crippen LogP contribution in [0, 0.1) is 5.82 Å². The molecule has 6 heteroatoms. The van der Waals surface area contributed by atoms with Gasteiger partial charge < -0.3 is 15.5 Å². The van der Waals surface area contributed by atoms with E-state index >= 15 is 0 Å². The van der Waals surface area contributed by atoms with Gasteiger partial charge in [0.1, 0.15) is 5.82 Å². The Morgan fingerprint density at radius 2 is 2.04 bits per heavy atom. The van der Waals surface area contributed by atoms with Crippen LogP contribution < -0.4 is 10.6 Å². The molecule has 1 aromatic rings. The van der Waals surface area contributed by atoms with E-state index in [1.165, 1.54) is 12.1 Å². The van der Waals surface area contributed by atoms with Gasteiger partial charge in [-0.25, -0.2) is 4.39 Å². The molecule has 0 aromatic heterocycles. The van der Waals surface area contributed by atoms with Crippen LogP contribution in [0.5, 0.6) is 0 Å². The van der Waals surface area contributed by atoms with E-state index < -0.39 is 5.82 Å². The van der Waals surface area contributed by atoms with E-state index in [9.17, 15) is 9.18 Å². The largest absolute Gasteiger partial charge is 0.363 e.